The van der Waals surface area contributed by atoms with Gasteiger partial charge in [-0.05, 0) is 13.0 Å². The van der Waals surface area contributed by atoms with Gasteiger partial charge in [0, 0.05) is 58.8 Å². The third-order valence-corrected chi connectivity index (χ3v) is 5.59. The van der Waals surface area contributed by atoms with Gasteiger partial charge in [0.25, 0.3) is 0 Å². The number of aliphatic carboxylic acids is 2. The summed E-state index contributed by atoms with van der Waals surface area (Å²) in [4.78, 5) is 54.0. The van der Waals surface area contributed by atoms with E-state index >= 15 is 0 Å². The summed E-state index contributed by atoms with van der Waals surface area (Å²) in [6, 6.07) is -0.587. The molecule has 0 amide bonds. The summed E-state index contributed by atoms with van der Waals surface area (Å²) in [6.45, 7) is 6.82. The predicted octanol–water partition coefficient (Wildman–Crippen LogP) is -1.37. The Kier molecular flexibility index (Phi) is 9.63. The Morgan fingerprint density at radius 1 is 0.867 bits per heavy atom. The predicted molar refractivity (Wildman–Crippen MR) is 106 cm³/mol. The number of carbonyl (C=O) groups is 4. The molecular formula is C19H32N4O7. The molecule has 0 aromatic rings. The molecule has 1 unspecified atom stereocenters. The molecule has 0 aromatic heterocycles. The number of carbonyl (C=O) groups excluding carboxylic acids is 2. The Labute approximate surface area is 176 Å². The van der Waals surface area contributed by atoms with Crippen molar-refractivity contribution in [3.8, 4) is 0 Å². The van der Waals surface area contributed by atoms with Crippen molar-refractivity contribution in [3.63, 3.8) is 0 Å². The maximum Gasteiger partial charge on any atom is 0.331 e. The van der Waals surface area contributed by atoms with Crippen LogP contribution in [-0.2, 0) is 23.9 Å². The highest BCUT2D eigenvalue weighted by atomic mass is 16.6. The van der Waals surface area contributed by atoms with E-state index in [0.717, 1.165) is 6.54 Å². The van der Waals surface area contributed by atoms with Gasteiger partial charge in [0.05, 0.1) is 13.1 Å². The molecule has 0 radical (unpaired) electrons. The summed E-state index contributed by atoms with van der Waals surface area (Å²) in [5, 5.41) is 18.5. The number of carboxylic acids is 2. The van der Waals surface area contributed by atoms with Gasteiger partial charge in [-0.3, -0.25) is 29.1 Å². The lowest BCUT2D eigenvalue weighted by Crippen LogP contribution is -2.53. The van der Waals surface area contributed by atoms with Crippen LogP contribution >= 0.6 is 0 Å². The second-order valence-electron chi connectivity index (χ2n) is 7.66. The normalized spacial score (nSPS) is 24.6. The highest BCUT2D eigenvalue weighted by Crippen LogP contribution is 2.16. The molecule has 1 atom stereocenters. The fourth-order valence-electron chi connectivity index (χ4n) is 3.81. The highest BCUT2D eigenvalue weighted by Gasteiger charge is 2.34. The third kappa shape index (κ3) is 7.98. The molecule has 2 rings (SSSR count). The Balaban J connectivity index is 2.15. The Bertz CT molecular complexity index is 598. The maximum atomic E-state index is 12.3. The van der Waals surface area contributed by atoms with Crippen LogP contribution in [0.3, 0.4) is 0 Å². The van der Waals surface area contributed by atoms with Crippen LogP contribution in [-0.4, -0.2) is 132 Å². The van der Waals surface area contributed by atoms with Crippen LogP contribution < -0.4 is 0 Å². The quantitative estimate of drug-likeness (QED) is 0.384. The lowest BCUT2D eigenvalue weighted by Gasteiger charge is -2.36. The standard InChI is InChI=1S/C19H32N4O7/c1-2-20-5-7-21(13-16(24)25)9-11-23(15-3-4-18(28)30-19(15)29)12-10-22(8-6-20)14-17(26)27/h15H,2-14H2,1H3,(H,24,25)(H,26,27). The number of cyclic esters (lactones) is 2. The summed E-state index contributed by atoms with van der Waals surface area (Å²) in [5.74, 6) is -2.95. The second-order valence-corrected chi connectivity index (χ2v) is 7.66. The first kappa shape index (κ1) is 24.2. The number of esters is 2. The van der Waals surface area contributed by atoms with Gasteiger partial charge in [-0.25, -0.2) is 4.79 Å². The summed E-state index contributed by atoms with van der Waals surface area (Å²) in [5.41, 5.74) is 0. The molecule has 0 bridgehead atoms. The first-order valence-corrected chi connectivity index (χ1v) is 10.4. The number of carboxylic acid groups (broad SMARTS) is 2. The van der Waals surface area contributed by atoms with Crippen molar-refractivity contribution in [1.29, 1.82) is 0 Å². The van der Waals surface area contributed by atoms with E-state index in [1.54, 1.807) is 0 Å². The van der Waals surface area contributed by atoms with Crippen molar-refractivity contribution in [1.82, 2.24) is 19.6 Å². The number of nitrogens with zero attached hydrogens (tertiary/aromatic N) is 4. The van der Waals surface area contributed by atoms with E-state index in [-0.39, 0.29) is 19.5 Å². The molecule has 170 valence electrons. The molecule has 2 aliphatic rings. The molecule has 0 spiro atoms. The smallest absolute Gasteiger partial charge is 0.331 e. The first-order valence-electron chi connectivity index (χ1n) is 10.4. The van der Waals surface area contributed by atoms with Gasteiger partial charge in [0.2, 0.25) is 0 Å². The fraction of sp³-hybridized carbons (Fsp3) is 0.789. The lowest BCUT2D eigenvalue weighted by molar-refractivity contribution is -0.169. The van der Waals surface area contributed by atoms with Crippen LogP contribution in [0.2, 0.25) is 0 Å². The molecule has 2 N–H and O–H groups in total. The largest absolute Gasteiger partial charge is 0.480 e. The number of hydrogen-bond donors (Lipinski definition) is 2. The molecule has 0 aromatic carbocycles. The summed E-state index contributed by atoms with van der Waals surface area (Å²) in [7, 11) is 0. The van der Waals surface area contributed by atoms with Gasteiger partial charge < -0.3 is 19.8 Å². The minimum Gasteiger partial charge on any atom is -0.480 e. The van der Waals surface area contributed by atoms with Gasteiger partial charge in [0.15, 0.2) is 0 Å². The van der Waals surface area contributed by atoms with Gasteiger partial charge >= 0.3 is 23.9 Å². The minimum absolute atomic E-state index is 0.0931. The number of likely N-dealkylation sites (N-methyl/N-ethyl adjacent to an activating group) is 1. The molecule has 11 nitrogen and oxygen atoms in total. The van der Waals surface area contributed by atoms with E-state index in [2.05, 4.69) is 4.90 Å². The van der Waals surface area contributed by atoms with Crippen molar-refractivity contribution in [2.45, 2.75) is 25.8 Å². The average molecular weight is 428 g/mol. The average Bonchev–Trinajstić information content (AvgIpc) is 2.66. The van der Waals surface area contributed by atoms with Crippen LogP contribution in [0, 0.1) is 0 Å². The monoisotopic (exact) mass is 428 g/mol. The number of hydrogen-bond acceptors (Lipinski definition) is 9. The van der Waals surface area contributed by atoms with E-state index in [0.29, 0.717) is 58.8 Å². The topological polar surface area (TPSA) is 131 Å². The molecule has 2 fully saturated rings. The molecule has 0 saturated carbocycles. The van der Waals surface area contributed by atoms with Gasteiger partial charge in [-0.2, -0.15) is 0 Å². The first-order chi connectivity index (χ1) is 14.3. The van der Waals surface area contributed by atoms with Crippen molar-refractivity contribution >= 4 is 23.9 Å². The fourth-order valence-corrected chi connectivity index (χ4v) is 3.81. The van der Waals surface area contributed by atoms with Gasteiger partial charge in [0.1, 0.15) is 6.04 Å². The van der Waals surface area contributed by atoms with Crippen LogP contribution in [0.25, 0.3) is 0 Å². The third-order valence-electron chi connectivity index (χ3n) is 5.59. The molecule has 2 heterocycles. The Morgan fingerprint density at radius 2 is 1.33 bits per heavy atom. The van der Waals surface area contributed by atoms with Crippen LogP contribution in [0.5, 0.6) is 0 Å². The zero-order chi connectivity index (χ0) is 22.1. The van der Waals surface area contributed by atoms with Crippen LogP contribution in [0.1, 0.15) is 19.8 Å². The van der Waals surface area contributed by atoms with Crippen molar-refractivity contribution in [2.75, 3.05) is 72.0 Å². The van der Waals surface area contributed by atoms with Crippen LogP contribution in [0.15, 0.2) is 0 Å². The SMILES string of the molecule is CCN1CCN(CC(=O)O)CCN(C2CCC(=O)OC2=O)CCN(CC(=O)O)CC1. The minimum atomic E-state index is -0.910. The van der Waals surface area contributed by atoms with E-state index in [1.165, 1.54) is 0 Å². The Morgan fingerprint density at radius 3 is 1.77 bits per heavy atom. The lowest BCUT2D eigenvalue weighted by atomic mass is 10.1. The maximum absolute atomic E-state index is 12.3. The van der Waals surface area contributed by atoms with E-state index < -0.39 is 29.9 Å². The molecule has 2 aliphatic heterocycles. The Hall–Kier alpha value is -2.08. The van der Waals surface area contributed by atoms with Crippen LogP contribution in [0.4, 0.5) is 0 Å². The highest BCUT2D eigenvalue weighted by molar-refractivity contribution is 5.91. The van der Waals surface area contributed by atoms with E-state index in [1.807, 2.05) is 21.6 Å². The van der Waals surface area contributed by atoms with Gasteiger partial charge in [-0.15, -0.1) is 0 Å². The number of ether oxygens (including phenoxy) is 1. The second kappa shape index (κ2) is 11.9. The van der Waals surface area contributed by atoms with E-state index in [4.69, 9.17) is 4.74 Å². The molecule has 11 heteroatoms. The van der Waals surface area contributed by atoms with Crippen molar-refractivity contribution in [2.24, 2.45) is 0 Å². The van der Waals surface area contributed by atoms with Crippen molar-refractivity contribution < 1.29 is 34.1 Å². The van der Waals surface area contributed by atoms with E-state index in [9.17, 15) is 29.4 Å². The number of rotatable bonds is 6. The van der Waals surface area contributed by atoms with Gasteiger partial charge in [-0.1, -0.05) is 6.92 Å². The van der Waals surface area contributed by atoms with Crippen molar-refractivity contribution in [3.05, 3.63) is 0 Å². The summed E-state index contributed by atoms with van der Waals surface area (Å²) < 4.78 is 4.79. The zero-order valence-corrected chi connectivity index (χ0v) is 17.5. The molecule has 0 aliphatic carbocycles. The summed E-state index contributed by atoms with van der Waals surface area (Å²) >= 11 is 0. The summed E-state index contributed by atoms with van der Waals surface area (Å²) in [6.07, 6.45) is 0.495. The molecule has 30 heavy (non-hydrogen) atoms. The zero-order valence-electron chi connectivity index (χ0n) is 17.5. The molecule has 2 saturated heterocycles. The molecular weight excluding hydrogens is 396 g/mol.